The van der Waals surface area contributed by atoms with Gasteiger partial charge in [0.2, 0.25) is 5.91 Å². The lowest BCUT2D eigenvalue weighted by atomic mass is 10.2. The molecule has 2 N–H and O–H groups in total. The Bertz CT molecular complexity index is 222. The molecule has 5 nitrogen and oxygen atoms in total. The number of ether oxygens (including phenoxy) is 1. The number of hydrogen-bond acceptors (Lipinski definition) is 4. The molecule has 0 spiro atoms. The largest absolute Gasteiger partial charge is 0.479 e. The molecular weight excluding hydrogens is 218 g/mol. The van der Waals surface area contributed by atoms with Crippen LogP contribution in [0.5, 0.6) is 0 Å². The molecular formula is C9H17NO4S. The maximum Gasteiger partial charge on any atom is 0.334 e. The predicted octanol–water partition coefficient (Wildman–Crippen LogP) is 0.201. The molecule has 0 heterocycles. The normalized spacial score (nSPS) is 14.3. The van der Waals surface area contributed by atoms with Crippen molar-refractivity contribution in [1.82, 2.24) is 5.32 Å². The Labute approximate surface area is 93.6 Å². The standard InChI is InChI=1S/C9H17NO4S/c1-6(5-15-3)8(11)10-4-7(14-2)9(12)13/h6-7H,4-5H2,1-3H3,(H,10,11)(H,12,13). The van der Waals surface area contributed by atoms with E-state index >= 15 is 0 Å². The van der Waals surface area contributed by atoms with Gasteiger partial charge in [-0.3, -0.25) is 4.79 Å². The van der Waals surface area contributed by atoms with Crippen molar-refractivity contribution in [3.05, 3.63) is 0 Å². The lowest BCUT2D eigenvalue weighted by Gasteiger charge is -2.14. The number of carbonyl (C=O) groups excluding carboxylic acids is 1. The fourth-order valence-electron chi connectivity index (χ4n) is 0.965. The van der Waals surface area contributed by atoms with Crippen LogP contribution in [0.25, 0.3) is 0 Å². The van der Waals surface area contributed by atoms with Crippen LogP contribution in [0.3, 0.4) is 0 Å². The van der Waals surface area contributed by atoms with Crippen molar-refractivity contribution in [3.63, 3.8) is 0 Å². The van der Waals surface area contributed by atoms with Crippen LogP contribution in [0.15, 0.2) is 0 Å². The first kappa shape index (κ1) is 14.2. The van der Waals surface area contributed by atoms with Crippen molar-refractivity contribution >= 4 is 23.6 Å². The van der Waals surface area contributed by atoms with E-state index in [1.54, 1.807) is 18.7 Å². The van der Waals surface area contributed by atoms with Crippen LogP contribution in [-0.2, 0) is 14.3 Å². The van der Waals surface area contributed by atoms with Gasteiger partial charge in [-0.25, -0.2) is 4.79 Å². The average Bonchev–Trinajstić information content (AvgIpc) is 2.18. The van der Waals surface area contributed by atoms with Gasteiger partial charge in [0.15, 0.2) is 6.10 Å². The highest BCUT2D eigenvalue weighted by atomic mass is 32.2. The first-order valence-electron chi connectivity index (χ1n) is 4.55. The molecule has 0 aliphatic carbocycles. The molecule has 0 saturated carbocycles. The number of nitrogens with one attached hydrogen (secondary N) is 1. The minimum Gasteiger partial charge on any atom is -0.479 e. The Morgan fingerprint density at radius 1 is 1.53 bits per heavy atom. The van der Waals surface area contributed by atoms with E-state index < -0.39 is 12.1 Å². The van der Waals surface area contributed by atoms with Gasteiger partial charge in [0.1, 0.15) is 0 Å². The van der Waals surface area contributed by atoms with E-state index in [1.165, 1.54) is 7.11 Å². The Balaban J connectivity index is 3.92. The fourth-order valence-corrected chi connectivity index (χ4v) is 1.62. The monoisotopic (exact) mass is 235 g/mol. The summed E-state index contributed by atoms with van der Waals surface area (Å²) in [6, 6.07) is 0. The van der Waals surface area contributed by atoms with Crippen LogP contribution in [0, 0.1) is 5.92 Å². The molecule has 0 aromatic heterocycles. The minimum atomic E-state index is -1.07. The molecule has 0 bridgehead atoms. The zero-order chi connectivity index (χ0) is 11.8. The third kappa shape index (κ3) is 5.64. The van der Waals surface area contributed by atoms with Gasteiger partial charge in [-0.1, -0.05) is 6.92 Å². The second kappa shape index (κ2) is 7.53. The van der Waals surface area contributed by atoms with Gasteiger partial charge in [0.05, 0.1) is 6.54 Å². The predicted molar refractivity (Wildman–Crippen MR) is 59.0 cm³/mol. The number of rotatable bonds is 7. The summed E-state index contributed by atoms with van der Waals surface area (Å²) in [5.74, 6) is -0.620. The number of carboxylic acids is 1. The summed E-state index contributed by atoms with van der Waals surface area (Å²) >= 11 is 1.58. The van der Waals surface area contributed by atoms with E-state index in [0.717, 1.165) is 5.75 Å². The van der Waals surface area contributed by atoms with Gasteiger partial charge in [-0.2, -0.15) is 11.8 Å². The summed E-state index contributed by atoms with van der Waals surface area (Å²) in [7, 11) is 1.30. The van der Waals surface area contributed by atoms with Crippen LogP contribution >= 0.6 is 11.8 Å². The fraction of sp³-hybridized carbons (Fsp3) is 0.778. The maximum atomic E-state index is 11.4. The van der Waals surface area contributed by atoms with Crippen LogP contribution in [0.4, 0.5) is 0 Å². The lowest BCUT2D eigenvalue weighted by Crippen LogP contribution is -2.40. The van der Waals surface area contributed by atoms with Gasteiger partial charge >= 0.3 is 5.97 Å². The molecule has 1 amide bonds. The molecule has 0 saturated heterocycles. The van der Waals surface area contributed by atoms with Gasteiger partial charge in [-0.15, -0.1) is 0 Å². The number of methoxy groups -OCH3 is 1. The van der Waals surface area contributed by atoms with E-state index in [-0.39, 0.29) is 18.4 Å². The summed E-state index contributed by atoms with van der Waals surface area (Å²) in [6.07, 6.45) is 0.939. The Morgan fingerprint density at radius 2 is 2.13 bits per heavy atom. The molecule has 2 atom stereocenters. The van der Waals surface area contributed by atoms with E-state index in [1.807, 2.05) is 6.26 Å². The lowest BCUT2D eigenvalue weighted by molar-refractivity contribution is -0.148. The highest BCUT2D eigenvalue weighted by molar-refractivity contribution is 7.98. The van der Waals surface area contributed by atoms with Crippen LogP contribution in [0.2, 0.25) is 0 Å². The molecule has 15 heavy (non-hydrogen) atoms. The molecule has 0 aliphatic rings. The van der Waals surface area contributed by atoms with Crippen molar-refractivity contribution in [2.24, 2.45) is 5.92 Å². The zero-order valence-corrected chi connectivity index (χ0v) is 9.97. The SMILES string of the molecule is COC(CNC(=O)C(C)CSC)C(=O)O. The van der Waals surface area contributed by atoms with Crippen LogP contribution < -0.4 is 5.32 Å². The number of thioether (sulfide) groups is 1. The third-order valence-corrected chi connectivity index (χ3v) is 2.72. The summed E-state index contributed by atoms with van der Waals surface area (Å²) in [6.45, 7) is 1.80. The van der Waals surface area contributed by atoms with Gasteiger partial charge < -0.3 is 15.2 Å². The quantitative estimate of drug-likeness (QED) is 0.659. The highest BCUT2D eigenvalue weighted by Crippen LogP contribution is 2.04. The first-order chi connectivity index (χ1) is 7.02. The van der Waals surface area contributed by atoms with Crippen molar-refractivity contribution in [2.45, 2.75) is 13.0 Å². The smallest absolute Gasteiger partial charge is 0.334 e. The van der Waals surface area contributed by atoms with E-state index in [2.05, 4.69) is 10.1 Å². The number of carbonyl (C=O) groups is 2. The van der Waals surface area contributed by atoms with Gasteiger partial charge in [0, 0.05) is 18.8 Å². The highest BCUT2D eigenvalue weighted by Gasteiger charge is 2.19. The van der Waals surface area contributed by atoms with E-state index in [0.29, 0.717) is 0 Å². The van der Waals surface area contributed by atoms with Crippen molar-refractivity contribution in [2.75, 3.05) is 25.7 Å². The van der Waals surface area contributed by atoms with Crippen molar-refractivity contribution < 1.29 is 19.4 Å². The second-order valence-corrected chi connectivity index (χ2v) is 4.07. The minimum absolute atomic E-state index is 0.00336. The van der Waals surface area contributed by atoms with E-state index in [4.69, 9.17) is 5.11 Å². The Kier molecular flexibility index (Phi) is 7.15. The topological polar surface area (TPSA) is 75.6 Å². The summed E-state index contributed by atoms with van der Waals surface area (Å²) in [4.78, 5) is 22.0. The zero-order valence-electron chi connectivity index (χ0n) is 9.15. The molecule has 2 unspecified atom stereocenters. The third-order valence-electron chi connectivity index (χ3n) is 1.89. The Hall–Kier alpha value is -0.750. The number of aliphatic carboxylic acids is 1. The second-order valence-electron chi connectivity index (χ2n) is 3.16. The number of carboxylic acid groups (broad SMARTS) is 1. The molecule has 0 aliphatic heterocycles. The molecule has 0 radical (unpaired) electrons. The molecule has 0 rings (SSSR count). The summed E-state index contributed by atoms with van der Waals surface area (Å²) in [5, 5.41) is 11.2. The van der Waals surface area contributed by atoms with Crippen LogP contribution in [0.1, 0.15) is 6.92 Å². The number of amides is 1. The first-order valence-corrected chi connectivity index (χ1v) is 5.94. The van der Waals surface area contributed by atoms with Crippen molar-refractivity contribution in [1.29, 1.82) is 0 Å². The van der Waals surface area contributed by atoms with Gasteiger partial charge in [-0.05, 0) is 6.26 Å². The van der Waals surface area contributed by atoms with Crippen LogP contribution in [-0.4, -0.2) is 48.8 Å². The number of hydrogen-bond donors (Lipinski definition) is 2. The maximum absolute atomic E-state index is 11.4. The average molecular weight is 235 g/mol. The molecule has 0 aromatic carbocycles. The molecule has 0 fully saturated rings. The molecule has 6 heteroatoms. The summed E-state index contributed by atoms with van der Waals surface area (Å²) in [5.41, 5.74) is 0. The summed E-state index contributed by atoms with van der Waals surface area (Å²) < 4.78 is 4.68. The van der Waals surface area contributed by atoms with E-state index in [9.17, 15) is 9.59 Å². The van der Waals surface area contributed by atoms with Crippen molar-refractivity contribution in [3.8, 4) is 0 Å². The molecule has 88 valence electrons. The molecule has 0 aromatic rings. The Morgan fingerprint density at radius 3 is 2.53 bits per heavy atom. The van der Waals surface area contributed by atoms with Gasteiger partial charge in [0.25, 0.3) is 0 Å².